The lowest BCUT2D eigenvalue weighted by Crippen LogP contribution is -2.17. The van der Waals surface area contributed by atoms with Crippen LogP contribution < -0.4 is 0 Å². The lowest BCUT2D eigenvalue weighted by atomic mass is 10.2. The van der Waals surface area contributed by atoms with Crippen molar-refractivity contribution in [1.29, 1.82) is 0 Å². The molecule has 0 aliphatic heterocycles. The number of aliphatic hydroxyl groups excluding tert-OH is 1. The predicted octanol–water partition coefficient (Wildman–Crippen LogP) is -0.905. The first-order chi connectivity index (χ1) is 6.02. The van der Waals surface area contributed by atoms with Gasteiger partial charge in [-0.25, -0.2) is 0 Å². The summed E-state index contributed by atoms with van der Waals surface area (Å²) in [6.07, 6.45) is -1.62. The van der Waals surface area contributed by atoms with E-state index in [-0.39, 0.29) is 19.3 Å². The average Bonchev–Trinajstić information content (AvgIpc) is 2.00. The predicted molar refractivity (Wildman–Crippen MR) is 40.7 cm³/mol. The van der Waals surface area contributed by atoms with E-state index in [1.165, 1.54) is 0 Å². The van der Waals surface area contributed by atoms with E-state index in [0.29, 0.717) is 0 Å². The molecule has 0 amide bonds. The monoisotopic (exact) mass is 192 g/mol. The lowest BCUT2D eigenvalue weighted by molar-refractivity contribution is -0.156. The van der Waals surface area contributed by atoms with Crippen molar-refractivity contribution in [1.82, 2.24) is 0 Å². The highest BCUT2D eigenvalue weighted by Crippen LogP contribution is 1.97. The maximum absolute atomic E-state index is 10.7. The van der Waals surface area contributed by atoms with Crippen molar-refractivity contribution in [3.05, 3.63) is 0 Å². The molecule has 76 valence electrons. The van der Waals surface area contributed by atoms with Crippen LogP contribution in [-0.4, -0.2) is 40.2 Å². The second-order valence-corrected chi connectivity index (χ2v) is 2.41. The van der Waals surface area contributed by atoms with Crippen LogP contribution in [0.15, 0.2) is 0 Å². The summed E-state index contributed by atoms with van der Waals surface area (Å²) in [7, 11) is 0. The van der Waals surface area contributed by atoms with Gasteiger partial charge in [0.15, 0.2) is 6.29 Å². The number of hydrogen-bond donors (Lipinski definition) is 3. The maximum Gasteiger partial charge on any atom is 0.305 e. The number of ether oxygens (including phenoxy) is 1. The molecule has 0 heterocycles. The topological polar surface area (TPSA) is 104 Å². The Kier molecular flexibility index (Phi) is 5.82. The first kappa shape index (κ1) is 11.9. The van der Waals surface area contributed by atoms with Crippen LogP contribution in [0.4, 0.5) is 0 Å². The molecule has 0 rings (SSSR count). The molecule has 0 aromatic rings. The van der Waals surface area contributed by atoms with Gasteiger partial charge in [0.2, 0.25) is 0 Å². The zero-order valence-corrected chi connectivity index (χ0v) is 6.97. The fraction of sp³-hybridized carbons (Fsp3) is 0.714. The van der Waals surface area contributed by atoms with E-state index in [1.54, 1.807) is 0 Å². The molecule has 0 aromatic carbocycles. The number of carboxylic acid groups (broad SMARTS) is 1. The second kappa shape index (κ2) is 6.38. The van der Waals surface area contributed by atoms with E-state index >= 15 is 0 Å². The Morgan fingerprint density at radius 3 is 2.31 bits per heavy atom. The molecule has 0 aliphatic rings. The number of rotatable bonds is 6. The van der Waals surface area contributed by atoms with Crippen LogP contribution in [0.25, 0.3) is 0 Å². The minimum absolute atomic E-state index is 0.0288. The number of carboxylic acids is 1. The number of esters is 1. The first-order valence-corrected chi connectivity index (χ1v) is 3.76. The highest BCUT2D eigenvalue weighted by atomic mass is 16.6. The average molecular weight is 192 g/mol. The summed E-state index contributed by atoms with van der Waals surface area (Å²) in [6, 6.07) is 0. The molecule has 6 heteroatoms. The van der Waals surface area contributed by atoms with Gasteiger partial charge in [-0.05, 0) is 6.42 Å². The summed E-state index contributed by atoms with van der Waals surface area (Å²) >= 11 is 0. The van der Waals surface area contributed by atoms with E-state index in [4.69, 9.17) is 15.3 Å². The molecule has 0 bridgehead atoms. The third-order valence-corrected chi connectivity index (χ3v) is 1.16. The van der Waals surface area contributed by atoms with Crippen LogP contribution in [0.3, 0.4) is 0 Å². The van der Waals surface area contributed by atoms with Crippen molar-refractivity contribution in [2.75, 3.05) is 6.61 Å². The fourth-order valence-corrected chi connectivity index (χ4v) is 0.624. The Hall–Kier alpha value is -1.14. The molecule has 0 saturated carbocycles. The van der Waals surface area contributed by atoms with E-state index in [0.717, 1.165) is 0 Å². The van der Waals surface area contributed by atoms with Crippen LogP contribution in [0.1, 0.15) is 19.3 Å². The van der Waals surface area contributed by atoms with Crippen LogP contribution in [0.5, 0.6) is 0 Å². The molecule has 0 spiro atoms. The molecular weight excluding hydrogens is 180 g/mol. The molecule has 3 N–H and O–H groups in total. The molecule has 6 nitrogen and oxygen atoms in total. The Morgan fingerprint density at radius 2 is 1.85 bits per heavy atom. The van der Waals surface area contributed by atoms with Crippen LogP contribution in [-0.2, 0) is 14.3 Å². The minimum atomic E-state index is -1.68. The van der Waals surface area contributed by atoms with Crippen molar-refractivity contribution in [2.45, 2.75) is 25.6 Å². The second-order valence-electron chi connectivity index (χ2n) is 2.41. The molecule has 0 fully saturated rings. The highest BCUT2D eigenvalue weighted by molar-refractivity contribution is 5.71. The standard InChI is InChI=1S/C7H12O6/c8-5(9)2-1-3-7(12)13-4-6(10)11/h6,10-11H,1-4H2,(H,8,9). The van der Waals surface area contributed by atoms with Crippen molar-refractivity contribution in [3.8, 4) is 0 Å². The van der Waals surface area contributed by atoms with Crippen LogP contribution in [0.2, 0.25) is 0 Å². The van der Waals surface area contributed by atoms with Gasteiger partial charge in [-0.3, -0.25) is 9.59 Å². The van der Waals surface area contributed by atoms with Crippen LogP contribution in [0, 0.1) is 0 Å². The number of hydrogen-bond acceptors (Lipinski definition) is 5. The van der Waals surface area contributed by atoms with Gasteiger partial charge in [-0.15, -0.1) is 0 Å². The molecule has 0 saturated heterocycles. The van der Waals surface area contributed by atoms with Gasteiger partial charge in [0, 0.05) is 12.8 Å². The van der Waals surface area contributed by atoms with Gasteiger partial charge in [0.05, 0.1) is 0 Å². The number of aliphatic carboxylic acids is 1. The maximum atomic E-state index is 10.7. The Bertz CT molecular complexity index is 176. The summed E-state index contributed by atoms with van der Waals surface area (Å²) < 4.78 is 4.35. The van der Waals surface area contributed by atoms with Gasteiger partial charge in [-0.2, -0.15) is 0 Å². The quantitative estimate of drug-likeness (QED) is 0.372. The summed E-state index contributed by atoms with van der Waals surface area (Å²) in [6.45, 7) is -0.480. The third kappa shape index (κ3) is 8.77. The third-order valence-electron chi connectivity index (χ3n) is 1.16. The number of carbonyl (C=O) groups excluding carboxylic acids is 1. The van der Waals surface area contributed by atoms with Crippen LogP contribution >= 0.6 is 0 Å². The highest BCUT2D eigenvalue weighted by Gasteiger charge is 2.06. The molecule has 0 aromatic heterocycles. The van der Waals surface area contributed by atoms with Crippen molar-refractivity contribution in [2.24, 2.45) is 0 Å². The normalized spacial score (nSPS) is 10.1. The zero-order valence-electron chi connectivity index (χ0n) is 6.97. The van der Waals surface area contributed by atoms with Crippen molar-refractivity contribution >= 4 is 11.9 Å². The smallest absolute Gasteiger partial charge is 0.305 e. The molecule has 13 heavy (non-hydrogen) atoms. The Morgan fingerprint density at radius 1 is 1.23 bits per heavy atom. The summed E-state index contributed by atoms with van der Waals surface area (Å²) in [5, 5.41) is 24.8. The summed E-state index contributed by atoms with van der Waals surface area (Å²) in [5.74, 6) is -1.61. The minimum Gasteiger partial charge on any atom is -0.481 e. The van der Waals surface area contributed by atoms with Gasteiger partial charge < -0.3 is 20.1 Å². The molecular formula is C7H12O6. The Balaban J connectivity index is 3.35. The largest absolute Gasteiger partial charge is 0.481 e. The van der Waals surface area contributed by atoms with Gasteiger partial charge in [0.25, 0.3) is 0 Å². The molecule has 0 atom stereocenters. The first-order valence-electron chi connectivity index (χ1n) is 3.76. The SMILES string of the molecule is O=C(O)CCCC(=O)OCC(O)O. The van der Waals surface area contributed by atoms with Gasteiger partial charge in [-0.1, -0.05) is 0 Å². The molecule has 0 unspecified atom stereocenters. The fourth-order valence-electron chi connectivity index (χ4n) is 0.624. The van der Waals surface area contributed by atoms with E-state index in [2.05, 4.69) is 4.74 Å². The Labute approximate surface area is 74.7 Å². The van der Waals surface area contributed by atoms with Gasteiger partial charge >= 0.3 is 11.9 Å². The number of carbonyl (C=O) groups is 2. The molecule has 0 radical (unpaired) electrons. The van der Waals surface area contributed by atoms with Crippen molar-refractivity contribution < 1.29 is 29.6 Å². The summed E-state index contributed by atoms with van der Waals surface area (Å²) in [5.41, 5.74) is 0. The van der Waals surface area contributed by atoms with Gasteiger partial charge in [0.1, 0.15) is 6.61 Å². The van der Waals surface area contributed by atoms with Crippen molar-refractivity contribution in [3.63, 3.8) is 0 Å². The van der Waals surface area contributed by atoms with E-state index in [1.807, 2.05) is 0 Å². The zero-order chi connectivity index (χ0) is 10.3. The van der Waals surface area contributed by atoms with E-state index in [9.17, 15) is 9.59 Å². The summed E-state index contributed by atoms with van der Waals surface area (Å²) in [4.78, 5) is 20.7. The number of aliphatic hydroxyl groups is 2. The lowest BCUT2D eigenvalue weighted by Gasteiger charge is -2.04. The van der Waals surface area contributed by atoms with E-state index < -0.39 is 24.8 Å². The molecule has 0 aliphatic carbocycles.